The predicted octanol–water partition coefficient (Wildman–Crippen LogP) is 0.337. The van der Waals surface area contributed by atoms with Gasteiger partial charge in [0.2, 0.25) is 16.0 Å². The van der Waals surface area contributed by atoms with Crippen LogP contribution in [0.4, 0.5) is 5.95 Å². The topological polar surface area (TPSA) is 101 Å². The number of aryl methyl sites for hydroxylation is 1. The lowest BCUT2D eigenvalue weighted by molar-refractivity contribution is 0.0593. The standard InChI is InChI=1S/C14H22N4O4S/c1-10-7-12(13(19)22-2)17-14(16-10)18-6-4-5-11(9-18)8-15-23(3,20)21/h7,11,15H,4-6,8-9H2,1-3H3/t11-/m0/s1. The van der Waals surface area contributed by atoms with E-state index in [9.17, 15) is 13.2 Å². The number of methoxy groups -OCH3 is 1. The molecule has 1 aromatic heterocycles. The molecular formula is C14H22N4O4S. The van der Waals surface area contributed by atoms with Crippen LogP contribution in [0.25, 0.3) is 0 Å². The Morgan fingerprint density at radius 1 is 1.48 bits per heavy atom. The average molecular weight is 342 g/mol. The zero-order valence-corrected chi connectivity index (χ0v) is 14.4. The molecule has 0 aliphatic carbocycles. The number of carbonyl (C=O) groups excluding carboxylic acids is 1. The number of anilines is 1. The lowest BCUT2D eigenvalue weighted by Gasteiger charge is -2.33. The van der Waals surface area contributed by atoms with Gasteiger partial charge in [-0.2, -0.15) is 0 Å². The van der Waals surface area contributed by atoms with Crippen LogP contribution in [0, 0.1) is 12.8 Å². The molecule has 1 N–H and O–H groups in total. The Morgan fingerprint density at radius 3 is 2.87 bits per heavy atom. The fraction of sp³-hybridized carbons (Fsp3) is 0.643. The van der Waals surface area contributed by atoms with Crippen molar-refractivity contribution in [2.45, 2.75) is 19.8 Å². The minimum atomic E-state index is -3.19. The second-order valence-corrected chi connectivity index (χ2v) is 7.59. The quantitative estimate of drug-likeness (QED) is 0.770. The molecule has 0 radical (unpaired) electrons. The smallest absolute Gasteiger partial charge is 0.356 e. The van der Waals surface area contributed by atoms with Crippen molar-refractivity contribution < 1.29 is 17.9 Å². The molecule has 1 fully saturated rings. The summed E-state index contributed by atoms with van der Waals surface area (Å²) in [5.74, 6) is 0.169. The molecule has 1 saturated heterocycles. The maximum absolute atomic E-state index is 11.7. The molecule has 0 saturated carbocycles. The Bertz CT molecular complexity index is 677. The van der Waals surface area contributed by atoms with Crippen molar-refractivity contribution in [2.75, 3.05) is 37.9 Å². The first-order valence-corrected chi connectivity index (χ1v) is 9.31. The van der Waals surface area contributed by atoms with Crippen molar-refractivity contribution in [1.29, 1.82) is 0 Å². The van der Waals surface area contributed by atoms with E-state index in [0.29, 0.717) is 24.7 Å². The third kappa shape index (κ3) is 5.14. The number of nitrogens with zero attached hydrogens (tertiary/aromatic N) is 3. The third-order valence-corrected chi connectivity index (χ3v) is 4.36. The van der Waals surface area contributed by atoms with E-state index in [1.54, 1.807) is 13.0 Å². The highest BCUT2D eigenvalue weighted by Gasteiger charge is 2.23. The van der Waals surface area contributed by atoms with Gasteiger partial charge in [0.15, 0.2) is 5.69 Å². The second-order valence-electron chi connectivity index (χ2n) is 5.76. The second kappa shape index (κ2) is 7.22. The fourth-order valence-electron chi connectivity index (χ4n) is 2.59. The summed E-state index contributed by atoms with van der Waals surface area (Å²) in [6.45, 7) is 3.61. The van der Waals surface area contributed by atoms with Crippen molar-refractivity contribution in [3.8, 4) is 0 Å². The number of ether oxygens (including phenoxy) is 1. The minimum absolute atomic E-state index is 0.184. The van der Waals surface area contributed by atoms with E-state index in [4.69, 9.17) is 4.74 Å². The number of sulfonamides is 1. The van der Waals surface area contributed by atoms with Crippen LogP contribution in [0.5, 0.6) is 0 Å². The molecule has 2 heterocycles. The molecule has 2 rings (SSSR count). The van der Waals surface area contributed by atoms with E-state index in [-0.39, 0.29) is 11.6 Å². The summed E-state index contributed by atoms with van der Waals surface area (Å²) in [6, 6.07) is 1.59. The van der Waals surface area contributed by atoms with Gasteiger partial charge in [0.25, 0.3) is 0 Å². The van der Waals surface area contributed by atoms with Crippen LogP contribution in [-0.2, 0) is 14.8 Å². The van der Waals surface area contributed by atoms with Crippen LogP contribution < -0.4 is 9.62 Å². The van der Waals surface area contributed by atoms with E-state index in [1.807, 2.05) is 4.90 Å². The number of carbonyl (C=O) groups is 1. The molecule has 128 valence electrons. The summed E-state index contributed by atoms with van der Waals surface area (Å²) in [6.07, 6.45) is 3.01. The molecule has 0 unspecified atom stereocenters. The van der Waals surface area contributed by atoms with Crippen LogP contribution in [0.1, 0.15) is 29.0 Å². The highest BCUT2D eigenvalue weighted by molar-refractivity contribution is 7.88. The lowest BCUT2D eigenvalue weighted by Crippen LogP contribution is -2.41. The Kier molecular flexibility index (Phi) is 5.53. The lowest BCUT2D eigenvalue weighted by atomic mass is 9.99. The molecule has 1 aliphatic heterocycles. The molecule has 0 aromatic carbocycles. The minimum Gasteiger partial charge on any atom is -0.464 e. The van der Waals surface area contributed by atoms with Gasteiger partial charge < -0.3 is 9.64 Å². The molecule has 0 amide bonds. The summed E-state index contributed by atoms with van der Waals surface area (Å²) in [5, 5.41) is 0. The number of esters is 1. The summed E-state index contributed by atoms with van der Waals surface area (Å²) < 4.78 is 29.7. The third-order valence-electron chi connectivity index (χ3n) is 3.67. The van der Waals surface area contributed by atoms with Crippen LogP contribution in [0.3, 0.4) is 0 Å². The maximum Gasteiger partial charge on any atom is 0.356 e. The molecular weight excluding hydrogens is 320 g/mol. The molecule has 1 aromatic rings. The highest BCUT2D eigenvalue weighted by Crippen LogP contribution is 2.21. The molecule has 8 nitrogen and oxygen atoms in total. The summed E-state index contributed by atoms with van der Waals surface area (Å²) in [5.41, 5.74) is 0.915. The van der Waals surface area contributed by atoms with E-state index >= 15 is 0 Å². The first-order chi connectivity index (χ1) is 10.8. The normalized spacial score (nSPS) is 18.7. The highest BCUT2D eigenvalue weighted by atomic mass is 32.2. The molecule has 0 bridgehead atoms. The van der Waals surface area contributed by atoms with E-state index in [1.165, 1.54) is 7.11 Å². The number of piperidine rings is 1. The number of rotatable bonds is 5. The number of nitrogens with one attached hydrogen (secondary N) is 1. The van der Waals surface area contributed by atoms with Gasteiger partial charge in [-0.05, 0) is 31.7 Å². The van der Waals surface area contributed by atoms with Crippen LogP contribution in [0.2, 0.25) is 0 Å². The van der Waals surface area contributed by atoms with Gasteiger partial charge in [0, 0.05) is 25.3 Å². The van der Waals surface area contributed by atoms with Crippen LogP contribution >= 0.6 is 0 Å². The zero-order chi connectivity index (χ0) is 17.0. The first-order valence-electron chi connectivity index (χ1n) is 7.42. The summed E-state index contributed by atoms with van der Waals surface area (Å²) in [7, 11) is -1.88. The first kappa shape index (κ1) is 17.6. The van der Waals surface area contributed by atoms with E-state index in [0.717, 1.165) is 25.6 Å². The Morgan fingerprint density at radius 2 is 2.22 bits per heavy atom. The number of aromatic nitrogens is 2. The molecule has 1 atom stereocenters. The van der Waals surface area contributed by atoms with Crippen molar-refractivity contribution in [3.05, 3.63) is 17.5 Å². The van der Waals surface area contributed by atoms with Crippen LogP contribution in [-0.4, -0.2) is 57.4 Å². The number of hydrogen-bond acceptors (Lipinski definition) is 7. The molecule has 9 heteroatoms. The molecule has 23 heavy (non-hydrogen) atoms. The monoisotopic (exact) mass is 342 g/mol. The van der Waals surface area contributed by atoms with E-state index in [2.05, 4.69) is 14.7 Å². The predicted molar refractivity (Wildman–Crippen MR) is 85.9 cm³/mol. The Balaban J connectivity index is 2.11. The van der Waals surface area contributed by atoms with Crippen molar-refractivity contribution in [3.63, 3.8) is 0 Å². The van der Waals surface area contributed by atoms with Crippen molar-refractivity contribution >= 4 is 21.9 Å². The molecule has 0 spiro atoms. The SMILES string of the molecule is COC(=O)c1cc(C)nc(N2CCC[C@@H](CNS(C)(=O)=O)C2)n1. The van der Waals surface area contributed by atoms with Gasteiger partial charge in [-0.3, -0.25) is 0 Å². The van der Waals surface area contributed by atoms with Crippen molar-refractivity contribution in [2.24, 2.45) is 5.92 Å². The fourth-order valence-corrected chi connectivity index (χ4v) is 3.12. The zero-order valence-electron chi connectivity index (χ0n) is 13.6. The summed E-state index contributed by atoms with van der Waals surface area (Å²) >= 11 is 0. The van der Waals surface area contributed by atoms with Gasteiger partial charge in [-0.25, -0.2) is 27.9 Å². The van der Waals surface area contributed by atoms with Gasteiger partial charge in [-0.15, -0.1) is 0 Å². The van der Waals surface area contributed by atoms with Gasteiger partial charge >= 0.3 is 5.97 Å². The van der Waals surface area contributed by atoms with Gasteiger partial charge in [0.05, 0.1) is 13.4 Å². The van der Waals surface area contributed by atoms with Crippen LogP contribution in [0.15, 0.2) is 6.07 Å². The average Bonchev–Trinajstić information content (AvgIpc) is 2.51. The molecule has 1 aliphatic rings. The Labute approximate surface area is 136 Å². The largest absolute Gasteiger partial charge is 0.464 e. The number of hydrogen-bond donors (Lipinski definition) is 1. The Hall–Kier alpha value is -1.74. The van der Waals surface area contributed by atoms with Gasteiger partial charge in [-0.1, -0.05) is 0 Å². The van der Waals surface area contributed by atoms with Crippen molar-refractivity contribution in [1.82, 2.24) is 14.7 Å². The summed E-state index contributed by atoms with van der Waals surface area (Å²) in [4.78, 5) is 22.3. The van der Waals surface area contributed by atoms with Gasteiger partial charge in [0.1, 0.15) is 0 Å². The maximum atomic E-state index is 11.7. The van der Waals surface area contributed by atoms with E-state index < -0.39 is 16.0 Å².